The molecule has 0 amide bonds. The van der Waals surface area contributed by atoms with E-state index in [9.17, 15) is 0 Å². The first-order valence-corrected chi connectivity index (χ1v) is 5.96. The van der Waals surface area contributed by atoms with E-state index in [1.54, 1.807) is 0 Å². The fourth-order valence-corrected chi connectivity index (χ4v) is 1.78. The van der Waals surface area contributed by atoms with Crippen LogP contribution in [0.15, 0.2) is 12.1 Å². The Morgan fingerprint density at radius 3 is 3.00 bits per heavy atom. The van der Waals surface area contributed by atoms with Gasteiger partial charge in [0.25, 0.3) is 0 Å². The van der Waals surface area contributed by atoms with Crippen LogP contribution in [0.2, 0.25) is 0 Å². The smallest absolute Gasteiger partial charge is 0.183 e. The number of nitrogens with zero attached hydrogens (tertiary/aromatic N) is 2. The second-order valence-corrected chi connectivity index (χ2v) is 4.16. The SMILES string of the molecule is CCC(C)c1[nH]nc2nc(NCCO)ccc12. The van der Waals surface area contributed by atoms with Gasteiger partial charge in [-0.1, -0.05) is 13.8 Å². The summed E-state index contributed by atoms with van der Waals surface area (Å²) in [5, 5.41) is 20.1. The summed E-state index contributed by atoms with van der Waals surface area (Å²) in [5.41, 5.74) is 1.87. The van der Waals surface area contributed by atoms with Crippen molar-refractivity contribution in [3.63, 3.8) is 0 Å². The molecule has 0 radical (unpaired) electrons. The lowest BCUT2D eigenvalue weighted by molar-refractivity contribution is 0.311. The first kappa shape index (κ1) is 11.9. The number of aliphatic hydroxyl groups excluding tert-OH is 1. The molecule has 2 aromatic heterocycles. The molecule has 92 valence electrons. The Kier molecular flexibility index (Phi) is 3.58. The van der Waals surface area contributed by atoms with E-state index in [0.29, 0.717) is 12.5 Å². The molecule has 2 aromatic rings. The second kappa shape index (κ2) is 5.14. The number of anilines is 1. The minimum atomic E-state index is 0.0956. The molecule has 0 aliphatic rings. The Morgan fingerprint density at radius 2 is 2.29 bits per heavy atom. The van der Waals surface area contributed by atoms with Gasteiger partial charge < -0.3 is 10.4 Å². The lowest BCUT2D eigenvalue weighted by atomic mass is 10.0. The van der Waals surface area contributed by atoms with E-state index in [1.165, 1.54) is 0 Å². The number of hydrogen-bond acceptors (Lipinski definition) is 4. The van der Waals surface area contributed by atoms with Crippen molar-refractivity contribution >= 4 is 16.9 Å². The van der Waals surface area contributed by atoms with Crippen molar-refractivity contribution in [3.8, 4) is 0 Å². The molecule has 0 saturated heterocycles. The molecule has 0 aliphatic heterocycles. The highest BCUT2D eigenvalue weighted by molar-refractivity contribution is 5.79. The van der Waals surface area contributed by atoms with Crippen LogP contribution in [-0.2, 0) is 0 Å². The van der Waals surface area contributed by atoms with Crippen LogP contribution in [0.1, 0.15) is 31.9 Å². The van der Waals surface area contributed by atoms with Gasteiger partial charge in [0.05, 0.1) is 6.61 Å². The zero-order chi connectivity index (χ0) is 12.3. The predicted octanol–water partition coefficient (Wildman–Crippen LogP) is 1.88. The maximum Gasteiger partial charge on any atom is 0.183 e. The Balaban J connectivity index is 2.31. The topological polar surface area (TPSA) is 73.8 Å². The fraction of sp³-hybridized carbons (Fsp3) is 0.500. The van der Waals surface area contributed by atoms with Gasteiger partial charge in [0.2, 0.25) is 0 Å². The van der Waals surface area contributed by atoms with Crippen molar-refractivity contribution in [1.82, 2.24) is 15.2 Å². The third kappa shape index (κ3) is 2.39. The molecule has 0 aliphatic carbocycles. The average molecular weight is 234 g/mol. The summed E-state index contributed by atoms with van der Waals surface area (Å²) in [4.78, 5) is 4.39. The summed E-state index contributed by atoms with van der Waals surface area (Å²) < 4.78 is 0. The zero-order valence-corrected chi connectivity index (χ0v) is 10.2. The van der Waals surface area contributed by atoms with Crippen molar-refractivity contribution in [2.75, 3.05) is 18.5 Å². The van der Waals surface area contributed by atoms with Gasteiger partial charge in [-0.3, -0.25) is 5.10 Å². The largest absolute Gasteiger partial charge is 0.395 e. The molecule has 5 nitrogen and oxygen atoms in total. The van der Waals surface area contributed by atoms with Gasteiger partial charge in [0, 0.05) is 17.6 Å². The van der Waals surface area contributed by atoms with E-state index in [-0.39, 0.29) is 6.61 Å². The number of aromatic amines is 1. The van der Waals surface area contributed by atoms with Crippen molar-refractivity contribution in [3.05, 3.63) is 17.8 Å². The molecule has 0 saturated carbocycles. The highest BCUT2D eigenvalue weighted by Crippen LogP contribution is 2.25. The van der Waals surface area contributed by atoms with Crippen LogP contribution in [0.3, 0.4) is 0 Å². The number of aliphatic hydroxyl groups is 1. The molecule has 2 heterocycles. The molecule has 5 heteroatoms. The predicted molar refractivity (Wildman–Crippen MR) is 68.2 cm³/mol. The number of rotatable bonds is 5. The number of hydrogen-bond donors (Lipinski definition) is 3. The molecule has 3 N–H and O–H groups in total. The zero-order valence-electron chi connectivity index (χ0n) is 10.2. The van der Waals surface area contributed by atoms with E-state index >= 15 is 0 Å². The first-order valence-electron chi connectivity index (χ1n) is 5.96. The maximum atomic E-state index is 8.74. The van der Waals surface area contributed by atoms with Gasteiger partial charge in [-0.05, 0) is 24.5 Å². The van der Waals surface area contributed by atoms with E-state index in [1.807, 2.05) is 12.1 Å². The highest BCUT2D eigenvalue weighted by atomic mass is 16.3. The van der Waals surface area contributed by atoms with Crippen molar-refractivity contribution in [1.29, 1.82) is 0 Å². The van der Waals surface area contributed by atoms with E-state index in [0.717, 1.165) is 29.0 Å². The van der Waals surface area contributed by atoms with Gasteiger partial charge in [-0.15, -0.1) is 0 Å². The van der Waals surface area contributed by atoms with Gasteiger partial charge in [0.1, 0.15) is 5.82 Å². The fourth-order valence-electron chi connectivity index (χ4n) is 1.78. The van der Waals surface area contributed by atoms with E-state index in [2.05, 4.69) is 34.3 Å². The summed E-state index contributed by atoms with van der Waals surface area (Å²) in [6.07, 6.45) is 1.07. The Hall–Kier alpha value is -1.62. The lowest BCUT2D eigenvalue weighted by Gasteiger charge is -2.06. The van der Waals surface area contributed by atoms with Crippen LogP contribution < -0.4 is 5.32 Å². The maximum absolute atomic E-state index is 8.74. The van der Waals surface area contributed by atoms with Crippen LogP contribution in [0.5, 0.6) is 0 Å². The number of aromatic nitrogens is 3. The Labute approximate surface area is 100 Å². The number of fused-ring (bicyclic) bond motifs is 1. The van der Waals surface area contributed by atoms with Crippen LogP contribution in [0, 0.1) is 0 Å². The average Bonchev–Trinajstić information content (AvgIpc) is 2.78. The lowest BCUT2D eigenvalue weighted by Crippen LogP contribution is -2.06. The molecule has 1 unspecified atom stereocenters. The van der Waals surface area contributed by atoms with E-state index in [4.69, 9.17) is 5.11 Å². The molecular formula is C12H18N4O. The third-order valence-corrected chi connectivity index (χ3v) is 2.97. The molecule has 0 fully saturated rings. The van der Waals surface area contributed by atoms with Gasteiger partial charge >= 0.3 is 0 Å². The second-order valence-electron chi connectivity index (χ2n) is 4.16. The summed E-state index contributed by atoms with van der Waals surface area (Å²) in [6, 6.07) is 3.94. The number of pyridine rings is 1. The van der Waals surface area contributed by atoms with Gasteiger partial charge in [-0.25, -0.2) is 4.98 Å². The van der Waals surface area contributed by atoms with Crippen LogP contribution >= 0.6 is 0 Å². The van der Waals surface area contributed by atoms with Gasteiger partial charge in [-0.2, -0.15) is 5.10 Å². The van der Waals surface area contributed by atoms with Crippen LogP contribution in [-0.4, -0.2) is 33.4 Å². The molecular weight excluding hydrogens is 216 g/mol. The third-order valence-electron chi connectivity index (χ3n) is 2.97. The summed E-state index contributed by atoms with van der Waals surface area (Å²) >= 11 is 0. The summed E-state index contributed by atoms with van der Waals surface area (Å²) in [6.45, 7) is 4.92. The molecule has 0 aromatic carbocycles. The Morgan fingerprint density at radius 1 is 1.47 bits per heavy atom. The van der Waals surface area contributed by atoms with Gasteiger partial charge in [0.15, 0.2) is 5.65 Å². The monoisotopic (exact) mass is 234 g/mol. The molecule has 0 spiro atoms. The molecule has 17 heavy (non-hydrogen) atoms. The minimum absolute atomic E-state index is 0.0956. The van der Waals surface area contributed by atoms with Crippen molar-refractivity contribution in [2.45, 2.75) is 26.2 Å². The number of H-pyrrole nitrogens is 1. The number of nitrogens with one attached hydrogen (secondary N) is 2. The Bertz CT molecular complexity index is 494. The highest BCUT2D eigenvalue weighted by Gasteiger charge is 2.12. The summed E-state index contributed by atoms with van der Waals surface area (Å²) in [5.74, 6) is 1.20. The quantitative estimate of drug-likeness (QED) is 0.738. The summed E-state index contributed by atoms with van der Waals surface area (Å²) in [7, 11) is 0. The van der Waals surface area contributed by atoms with Crippen LogP contribution in [0.4, 0.5) is 5.82 Å². The van der Waals surface area contributed by atoms with Crippen LogP contribution in [0.25, 0.3) is 11.0 Å². The van der Waals surface area contributed by atoms with Crippen molar-refractivity contribution < 1.29 is 5.11 Å². The first-order chi connectivity index (χ1) is 8.26. The normalized spacial score (nSPS) is 12.9. The van der Waals surface area contributed by atoms with E-state index < -0.39 is 0 Å². The minimum Gasteiger partial charge on any atom is -0.395 e. The standard InChI is InChI=1S/C12H18N4O/c1-3-8(2)11-9-4-5-10(13-6-7-17)14-12(9)16-15-11/h4-5,8,17H,3,6-7H2,1-2H3,(H2,13,14,15,16). The molecule has 0 bridgehead atoms. The van der Waals surface area contributed by atoms with Crippen molar-refractivity contribution in [2.24, 2.45) is 0 Å². The molecule has 1 atom stereocenters. The molecule has 2 rings (SSSR count).